The summed E-state index contributed by atoms with van der Waals surface area (Å²) in [7, 11) is 0. The fourth-order valence-corrected chi connectivity index (χ4v) is 3.62. The minimum Gasteiger partial charge on any atom is -0.444 e. The molecule has 0 fully saturated rings. The lowest BCUT2D eigenvalue weighted by atomic mass is 10.00. The van der Waals surface area contributed by atoms with Gasteiger partial charge in [0.2, 0.25) is 0 Å². The van der Waals surface area contributed by atoms with E-state index in [0.717, 1.165) is 16.5 Å². The van der Waals surface area contributed by atoms with Crippen molar-refractivity contribution in [1.82, 2.24) is 5.32 Å². The van der Waals surface area contributed by atoms with E-state index in [0.29, 0.717) is 30.4 Å². The van der Waals surface area contributed by atoms with Crippen LogP contribution in [0.4, 0.5) is 4.79 Å². The van der Waals surface area contributed by atoms with Crippen molar-refractivity contribution in [1.29, 1.82) is 0 Å². The van der Waals surface area contributed by atoms with Crippen molar-refractivity contribution < 1.29 is 23.5 Å². The highest BCUT2D eigenvalue weighted by Crippen LogP contribution is 2.25. The lowest BCUT2D eigenvalue weighted by molar-refractivity contribution is -0.137. The number of aryl methyl sites for hydroxylation is 1. The largest absolute Gasteiger partial charge is 0.444 e. The Morgan fingerprint density at radius 3 is 2.44 bits per heavy atom. The topological polar surface area (TPSA) is 94.8 Å². The van der Waals surface area contributed by atoms with E-state index in [1.54, 1.807) is 32.9 Å². The third kappa shape index (κ3) is 6.47. The van der Waals surface area contributed by atoms with Gasteiger partial charge >= 0.3 is 17.7 Å². The van der Waals surface area contributed by atoms with Gasteiger partial charge in [-0.15, -0.1) is 0 Å². The lowest BCUT2D eigenvalue weighted by Crippen LogP contribution is -2.45. The Labute approximate surface area is 199 Å². The molecule has 1 aromatic heterocycles. The zero-order valence-electron chi connectivity index (χ0n) is 20.3. The maximum atomic E-state index is 12.7. The van der Waals surface area contributed by atoms with Gasteiger partial charge in [0.15, 0.2) is 0 Å². The molecule has 3 aromatic rings. The van der Waals surface area contributed by atoms with Crippen LogP contribution in [-0.4, -0.2) is 23.7 Å². The molecule has 3 rings (SSSR count). The van der Waals surface area contributed by atoms with Crippen LogP contribution in [-0.2, 0) is 16.0 Å². The molecule has 0 radical (unpaired) electrons. The van der Waals surface area contributed by atoms with E-state index in [1.165, 1.54) is 6.07 Å². The molecule has 2 aromatic carbocycles. The van der Waals surface area contributed by atoms with E-state index in [1.807, 2.05) is 44.2 Å². The average molecular weight is 466 g/mol. The first-order valence-electron chi connectivity index (χ1n) is 11.4. The Hall–Kier alpha value is -3.61. The average Bonchev–Trinajstić information content (AvgIpc) is 2.75. The zero-order valence-corrected chi connectivity index (χ0v) is 20.3. The Morgan fingerprint density at radius 2 is 1.79 bits per heavy atom. The summed E-state index contributed by atoms with van der Waals surface area (Å²) in [6.07, 6.45) is 0.833. The van der Waals surface area contributed by atoms with Crippen molar-refractivity contribution in [3.8, 4) is 5.75 Å². The maximum absolute atomic E-state index is 12.7. The molecule has 1 amide bonds. The monoisotopic (exact) mass is 465 g/mol. The summed E-state index contributed by atoms with van der Waals surface area (Å²) in [6, 6.07) is 13.8. The molecule has 0 aliphatic carbocycles. The van der Waals surface area contributed by atoms with Gasteiger partial charge in [0.25, 0.3) is 0 Å². The van der Waals surface area contributed by atoms with E-state index in [2.05, 4.69) is 5.32 Å². The number of esters is 1. The molecule has 0 unspecified atom stereocenters. The summed E-state index contributed by atoms with van der Waals surface area (Å²) >= 11 is 0. The molecule has 0 aliphatic rings. The number of hydrogen-bond donors (Lipinski definition) is 1. The van der Waals surface area contributed by atoms with Gasteiger partial charge < -0.3 is 19.2 Å². The van der Waals surface area contributed by atoms with Crippen LogP contribution in [0.1, 0.15) is 57.2 Å². The highest BCUT2D eigenvalue weighted by atomic mass is 16.6. The molecule has 180 valence electrons. The minimum absolute atomic E-state index is 0.225. The van der Waals surface area contributed by atoms with Gasteiger partial charge in [-0.2, -0.15) is 0 Å². The molecule has 1 atom stereocenters. The summed E-state index contributed by atoms with van der Waals surface area (Å²) in [5, 5.41) is 3.34. The van der Waals surface area contributed by atoms with E-state index >= 15 is 0 Å². The minimum atomic E-state index is -0.863. The Kier molecular flexibility index (Phi) is 7.76. The second kappa shape index (κ2) is 10.5. The van der Waals surface area contributed by atoms with E-state index in [-0.39, 0.29) is 5.75 Å². The fraction of sp³-hybridized carbons (Fsp3) is 0.370. The second-order valence-electron chi connectivity index (χ2n) is 9.22. The van der Waals surface area contributed by atoms with Gasteiger partial charge in [0.05, 0.1) is 0 Å². The van der Waals surface area contributed by atoms with Crippen LogP contribution >= 0.6 is 0 Å². The van der Waals surface area contributed by atoms with Crippen LogP contribution in [0.5, 0.6) is 5.75 Å². The Balaban J connectivity index is 1.80. The van der Waals surface area contributed by atoms with Gasteiger partial charge in [-0.05, 0) is 57.4 Å². The molecule has 7 heteroatoms. The normalized spacial score (nSPS) is 12.3. The predicted octanol–water partition coefficient (Wildman–Crippen LogP) is 5.29. The Morgan fingerprint density at radius 1 is 1.09 bits per heavy atom. The molecule has 0 saturated heterocycles. The van der Waals surface area contributed by atoms with Gasteiger partial charge in [-0.1, -0.05) is 43.7 Å². The molecule has 0 aliphatic heterocycles. The van der Waals surface area contributed by atoms with Crippen LogP contribution in [0.2, 0.25) is 0 Å². The van der Waals surface area contributed by atoms with Crippen LogP contribution < -0.4 is 15.7 Å². The van der Waals surface area contributed by atoms with Gasteiger partial charge in [-0.25, -0.2) is 14.4 Å². The van der Waals surface area contributed by atoms with Gasteiger partial charge in [0, 0.05) is 23.4 Å². The maximum Gasteiger partial charge on any atom is 0.408 e. The van der Waals surface area contributed by atoms with Crippen LogP contribution in [0.3, 0.4) is 0 Å². The standard InChI is InChI=1S/C27H31NO6/c1-6-10-22(28-26(31)34-27(3,4)5)25(30)32-19-13-14-20-17(2)21(24(29)33-23(20)16-19)15-18-11-8-7-9-12-18/h7-9,11-14,16,22H,6,10,15H2,1-5H3,(H,28,31)/t22-/m1/s1. The second-order valence-corrected chi connectivity index (χ2v) is 9.22. The molecule has 1 heterocycles. The fourth-order valence-electron chi connectivity index (χ4n) is 3.62. The summed E-state index contributed by atoms with van der Waals surface area (Å²) < 4.78 is 16.3. The molecule has 0 spiro atoms. The highest BCUT2D eigenvalue weighted by Gasteiger charge is 2.25. The predicted molar refractivity (Wildman–Crippen MR) is 130 cm³/mol. The molecule has 7 nitrogen and oxygen atoms in total. The SMILES string of the molecule is CCC[C@@H](NC(=O)OC(C)(C)C)C(=O)Oc1ccc2c(C)c(Cc3ccccc3)c(=O)oc2c1. The third-order valence-corrected chi connectivity index (χ3v) is 5.25. The summed E-state index contributed by atoms with van der Waals surface area (Å²) in [6.45, 7) is 9.02. The first-order valence-corrected chi connectivity index (χ1v) is 11.4. The van der Waals surface area contributed by atoms with Crippen molar-refractivity contribution in [2.75, 3.05) is 0 Å². The number of carbonyl (C=O) groups excluding carboxylic acids is 2. The molecule has 0 bridgehead atoms. The summed E-state index contributed by atoms with van der Waals surface area (Å²) in [5.74, 6) is -0.394. The quantitative estimate of drug-likeness (QED) is 0.289. The number of fused-ring (bicyclic) bond motifs is 1. The van der Waals surface area contributed by atoms with E-state index in [4.69, 9.17) is 13.9 Å². The molecule has 0 saturated carbocycles. The molecular formula is C27H31NO6. The first kappa shape index (κ1) is 25.0. The van der Waals surface area contributed by atoms with Crippen molar-refractivity contribution in [3.63, 3.8) is 0 Å². The van der Waals surface area contributed by atoms with E-state index in [9.17, 15) is 14.4 Å². The third-order valence-electron chi connectivity index (χ3n) is 5.25. The highest BCUT2D eigenvalue weighted by molar-refractivity contribution is 5.86. The smallest absolute Gasteiger partial charge is 0.408 e. The number of nitrogens with one attached hydrogen (secondary N) is 1. The number of carbonyl (C=O) groups is 2. The Bertz CT molecular complexity index is 1220. The first-order chi connectivity index (χ1) is 16.1. The number of amides is 1. The molecule has 34 heavy (non-hydrogen) atoms. The summed E-state index contributed by atoms with van der Waals surface area (Å²) in [5.41, 5.74) is 1.65. The van der Waals surface area contributed by atoms with E-state index < -0.39 is 29.3 Å². The number of alkyl carbamates (subject to hydrolysis) is 1. The van der Waals surface area contributed by atoms with Crippen molar-refractivity contribution >= 4 is 23.0 Å². The molecular weight excluding hydrogens is 434 g/mol. The van der Waals surface area contributed by atoms with Gasteiger partial charge in [-0.3, -0.25) is 0 Å². The zero-order chi connectivity index (χ0) is 24.9. The van der Waals surface area contributed by atoms with Crippen LogP contribution in [0.15, 0.2) is 57.7 Å². The number of benzene rings is 2. The van der Waals surface area contributed by atoms with Crippen molar-refractivity contribution in [3.05, 3.63) is 75.6 Å². The van der Waals surface area contributed by atoms with Crippen LogP contribution in [0, 0.1) is 6.92 Å². The number of hydrogen-bond acceptors (Lipinski definition) is 6. The number of rotatable bonds is 7. The van der Waals surface area contributed by atoms with Crippen molar-refractivity contribution in [2.24, 2.45) is 0 Å². The van der Waals surface area contributed by atoms with Crippen LogP contribution in [0.25, 0.3) is 11.0 Å². The van der Waals surface area contributed by atoms with Gasteiger partial charge in [0.1, 0.15) is 23.0 Å². The van der Waals surface area contributed by atoms with Crippen molar-refractivity contribution in [2.45, 2.75) is 65.5 Å². The lowest BCUT2D eigenvalue weighted by Gasteiger charge is -2.22. The molecule has 1 N–H and O–H groups in total. The number of ether oxygens (including phenoxy) is 2. The summed E-state index contributed by atoms with van der Waals surface area (Å²) in [4.78, 5) is 37.6.